The fraction of sp³-hybridized carbons (Fsp3) is 0.778. The molecule has 0 bridgehead atoms. The second kappa shape index (κ2) is 17.8. The van der Waals surface area contributed by atoms with Crippen molar-refractivity contribution in [2.24, 2.45) is 11.8 Å². The van der Waals surface area contributed by atoms with Crippen molar-refractivity contribution >= 4 is 22.8 Å². The van der Waals surface area contributed by atoms with E-state index in [-0.39, 0.29) is 0 Å². The number of halogens is 1. The van der Waals surface area contributed by atoms with Gasteiger partial charge in [0.15, 0.2) is 0 Å². The molecular formula is C27H47ClO3S. The molecular weight excluding hydrogens is 440 g/mol. The van der Waals surface area contributed by atoms with E-state index in [1.165, 1.54) is 44.9 Å². The third-order valence-electron chi connectivity index (χ3n) is 6.00. The lowest BCUT2D eigenvalue weighted by Crippen LogP contribution is -2.12. The molecule has 0 saturated carbocycles. The summed E-state index contributed by atoms with van der Waals surface area (Å²) >= 11 is 5.23. The Labute approximate surface area is 206 Å². The van der Waals surface area contributed by atoms with Gasteiger partial charge in [0.05, 0.1) is 19.6 Å². The van der Waals surface area contributed by atoms with Gasteiger partial charge in [0, 0.05) is 11.1 Å². The Balaban J connectivity index is 2.64. The van der Waals surface area contributed by atoms with Crippen LogP contribution in [0, 0.1) is 11.8 Å². The lowest BCUT2D eigenvalue weighted by atomic mass is 9.98. The minimum Gasteiger partial charge on any atom is -0.616 e. The molecule has 2 atom stereocenters. The third kappa shape index (κ3) is 12.6. The maximum absolute atomic E-state index is 12.8. The average Bonchev–Trinajstić information content (AvgIpc) is 2.76. The quantitative estimate of drug-likeness (QED) is 0.112. The molecule has 0 heterocycles. The van der Waals surface area contributed by atoms with E-state index in [9.17, 15) is 4.55 Å². The Bertz CT molecular complexity index is 609. The van der Waals surface area contributed by atoms with E-state index in [1.54, 1.807) is 7.11 Å². The van der Waals surface area contributed by atoms with Crippen LogP contribution in [0.1, 0.15) is 103 Å². The Hall–Kier alpha value is -0.580. The van der Waals surface area contributed by atoms with Gasteiger partial charge in [-0.25, -0.2) is 0 Å². The molecule has 3 nitrogen and oxygen atoms in total. The highest BCUT2D eigenvalue weighted by molar-refractivity contribution is 7.90. The van der Waals surface area contributed by atoms with Crippen LogP contribution in [0.2, 0.25) is 0 Å². The van der Waals surface area contributed by atoms with E-state index in [4.69, 9.17) is 21.1 Å². The van der Waals surface area contributed by atoms with Crippen LogP contribution < -0.4 is 9.47 Å². The molecule has 0 N–H and O–H groups in total. The molecule has 1 aromatic rings. The molecule has 2 unspecified atom stereocenters. The van der Waals surface area contributed by atoms with E-state index in [0.717, 1.165) is 53.6 Å². The largest absolute Gasteiger partial charge is 0.616 e. The van der Waals surface area contributed by atoms with Gasteiger partial charge in [-0.3, -0.25) is 0 Å². The lowest BCUT2D eigenvalue weighted by Gasteiger charge is -2.18. The fourth-order valence-corrected chi connectivity index (χ4v) is 5.32. The minimum atomic E-state index is -0.899. The second-order valence-electron chi connectivity index (χ2n) is 9.53. The van der Waals surface area contributed by atoms with Gasteiger partial charge in [0.2, 0.25) is 0 Å². The van der Waals surface area contributed by atoms with Crippen molar-refractivity contribution in [2.75, 3.05) is 19.5 Å². The van der Waals surface area contributed by atoms with E-state index in [0.29, 0.717) is 24.2 Å². The highest BCUT2D eigenvalue weighted by Crippen LogP contribution is 2.32. The van der Waals surface area contributed by atoms with Crippen molar-refractivity contribution in [3.8, 4) is 11.5 Å². The van der Waals surface area contributed by atoms with Gasteiger partial charge < -0.3 is 14.0 Å². The van der Waals surface area contributed by atoms with Crippen LogP contribution in [-0.2, 0) is 22.8 Å². The highest BCUT2D eigenvalue weighted by atomic mass is 35.5. The maximum atomic E-state index is 12.8. The Morgan fingerprint density at radius 3 is 2.25 bits per heavy atom. The van der Waals surface area contributed by atoms with Crippen molar-refractivity contribution < 1.29 is 14.0 Å². The molecule has 1 aromatic carbocycles. The van der Waals surface area contributed by atoms with Gasteiger partial charge in [-0.05, 0) is 54.4 Å². The van der Waals surface area contributed by atoms with E-state index in [1.807, 2.05) is 12.1 Å². The normalized spacial score (nSPS) is 13.4. The fourth-order valence-electron chi connectivity index (χ4n) is 3.86. The predicted molar refractivity (Wildman–Crippen MR) is 141 cm³/mol. The number of unbranched alkanes of at least 4 members (excludes halogenated alkanes) is 5. The summed E-state index contributed by atoms with van der Waals surface area (Å²) in [6.45, 7) is 9.77. The summed E-state index contributed by atoms with van der Waals surface area (Å²) in [6.07, 6.45) is 12.1. The van der Waals surface area contributed by atoms with Crippen molar-refractivity contribution in [3.05, 3.63) is 23.3 Å². The Kier molecular flexibility index (Phi) is 16.4. The van der Waals surface area contributed by atoms with Crippen molar-refractivity contribution in [1.29, 1.82) is 0 Å². The zero-order chi connectivity index (χ0) is 23.8. The molecule has 0 aliphatic carbocycles. The Morgan fingerprint density at radius 2 is 1.59 bits per heavy atom. The molecule has 0 fully saturated rings. The number of hydrogen-bond acceptors (Lipinski definition) is 3. The van der Waals surface area contributed by atoms with Gasteiger partial charge in [0.25, 0.3) is 0 Å². The molecule has 32 heavy (non-hydrogen) atoms. The molecule has 0 aliphatic heterocycles. The van der Waals surface area contributed by atoms with E-state index in [2.05, 4.69) is 27.7 Å². The average molecular weight is 487 g/mol. The number of hydrogen-bond donors (Lipinski definition) is 0. The van der Waals surface area contributed by atoms with Crippen molar-refractivity contribution in [3.63, 3.8) is 0 Å². The van der Waals surface area contributed by atoms with Gasteiger partial charge in [-0.1, -0.05) is 72.6 Å². The minimum absolute atomic E-state index is 0.367. The first kappa shape index (κ1) is 29.5. The first-order valence-electron chi connectivity index (χ1n) is 12.6. The number of rotatable bonds is 19. The molecule has 0 aromatic heterocycles. The first-order chi connectivity index (χ1) is 15.4. The zero-order valence-electron chi connectivity index (χ0n) is 21.2. The second-order valence-corrected chi connectivity index (χ2v) is 11.4. The first-order valence-corrected chi connectivity index (χ1v) is 14.7. The van der Waals surface area contributed by atoms with Crippen LogP contribution in [0.5, 0.6) is 11.5 Å². The van der Waals surface area contributed by atoms with Gasteiger partial charge in [0.1, 0.15) is 23.0 Å². The van der Waals surface area contributed by atoms with Crippen LogP contribution in [0.15, 0.2) is 12.1 Å². The maximum Gasteiger partial charge on any atom is 0.134 e. The summed E-state index contributed by atoms with van der Waals surface area (Å²) in [5.74, 6) is 4.60. The van der Waals surface area contributed by atoms with Crippen molar-refractivity contribution in [1.82, 2.24) is 0 Å². The molecule has 5 heteroatoms. The molecule has 0 saturated heterocycles. The number of methoxy groups -OCH3 is 1. The number of ether oxygens (including phenoxy) is 2. The van der Waals surface area contributed by atoms with Crippen LogP contribution in [-0.4, -0.2) is 24.0 Å². The standard InChI is InChI=1S/C27H47ClO3S/c1-6-7-8-9-10-11-17-32(29)21-25-19-26(30-5)24(20-28)18-27(25)31-16-15-23(4)14-12-13-22(2)3/h18-19,22-23H,6-17,20-21H2,1-5H3. The summed E-state index contributed by atoms with van der Waals surface area (Å²) in [5, 5.41) is 0. The van der Waals surface area contributed by atoms with Gasteiger partial charge >= 0.3 is 0 Å². The summed E-state index contributed by atoms with van der Waals surface area (Å²) in [4.78, 5) is 0. The molecule has 1 rings (SSSR count). The predicted octanol–water partition coefficient (Wildman–Crippen LogP) is 8.27. The van der Waals surface area contributed by atoms with Crippen LogP contribution >= 0.6 is 11.6 Å². The van der Waals surface area contributed by atoms with Gasteiger partial charge in [-0.2, -0.15) is 0 Å². The van der Waals surface area contributed by atoms with Crippen LogP contribution in [0.4, 0.5) is 0 Å². The smallest absolute Gasteiger partial charge is 0.134 e. The molecule has 0 radical (unpaired) electrons. The lowest BCUT2D eigenvalue weighted by molar-refractivity contribution is 0.273. The zero-order valence-corrected chi connectivity index (χ0v) is 22.8. The summed E-state index contributed by atoms with van der Waals surface area (Å²) < 4.78 is 24.5. The number of benzene rings is 1. The highest BCUT2D eigenvalue weighted by Gasteiger charge is 2.17. The third-order valence-corrected chi connectivity index (χ3v) is 7.66. The SMILES string of the molecule is CCCCCCCC[S+]([O-])Cc1cc(OC)c(CCl)cc1OCCC(C)CCCC(C)C. The van der Waals surface area contributed by atoms with Gasteiger partial charge in [-0.15, -0.1) is 11.6 Å². The monoisotopic (exact) mass is 486 g/mol. The topological polar surface area (TPSA) is 41.5 Å². The molecule has 0 spiro atoms. The van der Waals surface area contributed by atoms with E-state index < -0.39 is 11.2 Å². The van der Waals surface area contributed by atoms with Crippen LogP contribution in [0.3, 0.4) is 0 Å². The molecule has 186 valence electrons. The summed E-state index contributed by atoms with van der Waals surface area (Å²) in [6, 6.07) is 3.95. The molecule has 0 aliphatic rings. The molecule has 0 amide bonds. The Morgan fingerprint density at radius 1 is 0.906 bits per heavy atom. The van der Waals surface area contributed by atoms with Crippen molar-refractivity contribution in [2.45, 2.75) is 104 Å². The summed E-state index contributed by atoms with van der Waals surface area (Å²) in [5.41, 5.74) is 1.88. The summed E-state index contributed by atoms with van der Waals surface area (Å²) in [7, 11) is 1.65. The number of alkyl halides is 1. The van der Waals surface area contributed by atoms with Crippen LogP contribution in [0.25, 0.3) is 0 Å². The van der Waals surface area contributed by atoms with E-state index >= 15 is 0 Å².